The van der Waals surface area contributed by atoms with E-state index in [2.05, 4.69) is 6.92 Å². The van der Waals surface area contributed by atoms with Gasteiger partial charge < -0.3 is 14.9 Å². The van der Waals surface area contributed by atoms with Crippen molar-refractivity contribution in [2.75, 3.05) is 19.8 Å². The molecule has 78 valence electrons. The van der Waals surface area contributed by atoms with Crippen molar-refractivity contribution >= 4 is 0 Å². The van der Waals surface area contributed by atoms with E-state index in [1.165, 1.54) is 6.42 Å². The normalized spacial score (nSPS) is 21.9. The Balaban J connectivity index is 2.35. The molecule has 0 saturated carbocycles. The highest BCUT2D eigenvalue weighted by molar-refractivity contribution is 4.92. The maximum atomic E-state index is 9.25. The number of aliphatic hydroxyl groups excluding tert-OH is 2. The lowest BCUT2D eigenvalue weighted by atomic mass is 9.81. The Labute approximate surface area is 79.7 Å². The van der Waals surface area contributed by atoms with Crippen molar-refractivity contribution < 1.29 is 14.9 Å². The summed E-state index contributed by atoms with van der Waals surface area (Å²) in [6, 6.07) is 0. The van der Waals surface area contributed by atoms with Gasteiger partial charge in [-0.3, -0.25) is 0 Å². The van der Waals surface area contributed by atoms with E-state index in [0.29, 0.717) is 6.61 Å². The lowest BCUT2D eigenvalue weighted by Gasteiger charge is -2.27. The molecule has 2 N–H and O–H groups in total. The van der Waals surface area contributed by atoms with E-state index >= 15 is 0 Å². The van der Waals surface area contributed by atoms with E-state index in [1.54, 1.807) is 0 Å². The van der Waals surface area contributed by atoms with Gasteiger partial charge in [-0.15, -0.1) is 0 Å². The lowest BCUT2D eigenvalue weighted by molar-refractivity contribution is 0.0210. The van der Waals surface area contributed by atoms with Crippen LogP contribution in [0.15, 0.2) is 0 Å². The summed E-state index contributed by atoms with van der Waals surface area (Å²) in [5.74, 6) is 0. The molecule has 1 saturated heterocycles. The van der Waals surface area contributed by atoms with Gasteiger partial charge in [-0.05, 0) is 6.42 Å². The summed E-state index contributed by atoms with van der Waals surface area (Å²) in [6.45, 7) is 2.93. The standard InChI is InChI=1S/C10H20O3/c1-2-3-4-5-10(7-11,8-12)9-6-13-9/h9,11-12H,2-8H2,1H3. The molecule has 1 aliphatic heterocycles. The van der Waals surface area contributed by atoms with Crippen molar-refractivity contribution in [2.24, 2.45) is 5.41 Å². The zero-order valence-electron chi connectivity index (χ0n) is 8.33. The molecule has 13 heavy (non-hydrogen) atoms. The predicted molar refractivity (Wildman–Crippen MR) is 50.5 cm³/mol. The first kappa shape index (κ1) is 11.0. The van der Waals surface area contributed by atoms with Crippen LogP contribution in [0, 0.1) is 5.41 Å². The molecule has 1 atom stereocenters. The van der Waals surface area contributed by atoms with Crippen LogP contribution in [0.1, 0.15) is 32.6 Å². The van der Waals surface area contributed by atoms with Crippen LogP contribution in [0.3, 0.4) is 0 Å². The van der Waals surface area contributed by atoms with Crippen LogP contribution in [0.4, 0.5) is 0 Å². The first-order valence-corrected chi connectivity index (χ1v) is 5.12. The van der Waals surface area contributed by atoms with E-state index in [9.17, 15) is 10.2 Å². The summed E-state index contributed by atoms with van der Waals surface area (Å²) in [6.07, 6.45) is 4.36. The molecule has 0 amide bonds. The number of aliphatic hydroxyl groups is 2. The minimum absolute atomic E-state index is 0.0396. The van der Waals surface area contributed by atoms with Crippen molar-refractivity contribution in [3.8, 4) is 0 Å². The van der Waals surface area contributed by atoms with Crippen LogP contribution in [0.2, 0.25) is 0 Å². The zero-order valence-corrected chi connectivity index (χ0v) is 8.33. The molecule has 1 heterocycles. The number of epoxide rings is 1. The summed E-state index contributed by atoms with van der Waals surface area (Å²) in [4.78, 5) is 0. The quantitative estimate of drug-likeness (QED) is 0.462. The topological polar surface area (TPSA) is 53.0 Å². The number of unbranched alkanes of at least 4 members (excludes halogenated alkanes) is 2. The van der Waals surface area contributed by atoms with Gasteiger partial charge in [-0.25, -0.2) is 0 Å². The highest BCUT2D eigenvalue weighted by Crippen LogP contribution is 2.37. The van der Waals surface area contributed by atoms with Crippen molar-refractivity contribution in [1.82, 2.24) is 0 Å². The van der Waals surface area contributed by atoms with Crippen LogP contribution in [0.5, 0.6) is 0 Å². The Morgan fingerprint density at radius 3 is 2.31 bits per heavy atom. The van der Waals surface area contributed by atoms with Crippen LogP contribution < -0.4 is 0 Å². The van der Waals surface area contributed by atoms with Gasteiger partial charge in [-0.1, -0.05) is 26.2 Å². The molecular formula is C10H20O3. The van der Waals surface area contributed by atoms with Crippen molar-refractivity contribution in [2.45, 2.75) is 38.7 Å². The number of hydrogen-bond donors (Lipinski definition) is 2. The van der Waals surface area contributed by atoms with E-state index < -0.39 is 0 Å². The molecule has 1 aliphatic rings. The Morgan fingerprint density at radius 1 is 1.31 bits per heavy atom. The second-order valence-corrected chi connectivity index (χ2v) is 3.96. The predicted octanol–water partition coefficient (Wildman–Crippen LogP) is 0.936. The Kier molecular flexibility index (Phi) is 4.16. The van der Waals surface area contributed by atoms with Crippen LogP contribution in [0.25, 0.3) is 0 Å². The van der Waals surface area contributed by atoms with Crippen molar-refractivity contribution in [3.63, 3.8) is 0 Å². The van der Waals surface area contributed by atoms with E-state index in [-0.39, 0.29) is 24.7 Å². The molecular weight excluding hydrogens is 168 g/mol. The van der Waals surface area contributed by atoms with Gasteiger partial charge in [0.1, 0.15) is 0 Å². The van der Waals surface area contributed by atoms with E-state index in [1.807, 2.05) is 0 Å². The maximum Gasteiger partial charge on any atom is 0.0909 e. The molecule has 0 spiro atoms. The van der Waals surface area contributed by atoms with Gasteiger partial charge in [0, 0.05) is 5.41 Å². The zero-order chi connectivity index (χ0) is 9.73. The molecule has 0 aliphatic carbocycles. The largest absolute Gasteiger partial charge is 0.396 e. The van der Waals surface area contributed by atoms with Gasteiger partial charge in [0.2, 0.25) is 0 Å². The fourth-order valence-electron chi connectivity index (χ4n) is 1.70. The molecule has 3 heteroatoms. The van der Waals surface area contributed by atoms with Crippen molar-refractivity contribution in [1.29, 1.82) is 0 Å². The lowest BCUT2D eigenvalue weighted by Crippen LogP contribution is -2.35. The number of rotatable bonds is 7. The minimum atomic E-state index is -0.366. The van der Waals surface area contributed by atoms with Gasteiger partial charge >= 0.3 is 0 Å². The SMILES string of the molecule is CCCCCC(CO)(CO)C1CO1. The first-order chi connectivity index (χ1) is 6.29. The highest BCUT2D eigenvalue weighted by Gasteiger charge is 2.45. The first-order valence-electron chi connectivity index (χ1n) is 5.12. The summed E-state index contributed by atoms with van der Waals surface area (Å²) in [5.41, 5.74) is -0.366. The monoisotopic (exact) mass is 188 g/mol. The summed E-state index contributed by atoms with van der Waals surface area (Å²) in [7, 11) is 0. The van der Waals surface area contributed by atoms with Crippen LogP contribution in [-0.2, 0) is 4.74 Å². The third kappa shape index (κ3) is 2.66. The third-order valence-electron chi connectivity index (χ3n) is 2.92. The van der Waals surface area contributed by atoms with Crippen LogP contribution >= 0.6 is 0 Å². The van der Waals surface area contributed by atoms with Gasteiger partial charge in [0.15, 0.2) is 0 Å². The molecule has 0 aromatic rings. The summed E-state index contributed by atoms with van der Waals surface area (Å²) < 4.78 is 5.17. The average Bonchev–Trinajstić information content (AvgIpc) is 2.97. The summed E-state index contributed by atoms with van der Waals surface area (Å²) >= 11 is 0. The van der Waals surface area contributed by atoms with E-state index in [0.717, 1.165) is 19.3 Å². The van der Waals surface area contributed by atoms with Crippen LogP contribution in [-0.4, -0.2) is 36.1 Å². The van der Waals surface area contributed by atoms with Gasteiger partial charge in [0.25, 0.3) is 0 Å². The molecule has 3 nitrogen and oxygen atoms in total. The van der Waals surface area contributed by atoms with E-state index in [4.69, 9.17) is 4.74 Å². The van der Waals surface area contributed by atoms with Gasteiger partial charge in [0.05, 0.1) is 25.9 Å². The maximum absolute atomic E-state index is 9.25. The molecule has 0 bridgehead atoms. The third-order valence-corrected chi connectivity index (χ3v) is 2.92. The average molecular weight is 188 g/mol. The number of hydrogen-bond acceptors (Lipinski definition) is 3. The Morgan fingerprint density at radius 2 is 1.92 bits per heavy atom. The molecule has 0 aromatic carbocycles. The molecule has 1 unspecified atom stereocenters. The number of ether oxygens (including phenoxy) is 1. The molecule has 1 rings (SSSR count). The smallest absolute Gasteiger partial charge is 0.0909 e. The fourth-order valence-corrected chi connectivity index (χ4v) is 1.70. The fraction of sp³-hybridized carbons (Fsp3) is 1.00. The Hall–Kier alpha value is -0.120. The molecule has 0 aromatic heterocycles. The molecule has 0 radical (unpaired) electrons. The second kappa shape index (κ2) is 4.94. The van der Waals surface area contributed by atoms with Crippen molar-refractivity contribution in [3.05, 3.63) is 0 Å². The minimum Gasteiger partial charge on any atom is -0.396 e. The second-order valence-electron chi connectivity index (χ2n) is 3.96. The highest BCUT2D eigenvalue weighted by atomic mass is 16.6. The van der Waals surface area contributed by atoms with Gasteiger partial charge in [-0.2, -0.15) is 0 Å². The molecule has 1 fully saturated rings. The summed E-state index contributed by atoms with van der Waals surface area (Å²) in [5, 5.41) is 18.5. The Bertz CT molecular complexity index is 139.